The van der Waals surface area contributed by atoms with Gasteiger partial charge in [-0.15, -0.1) is 0 Å². The average molecular weight is 462 g/mol. The predicted octanol–water partition coefficient (Wildman–Crippen LogP) is 3.25. The summed E-state index contributed by atoms with van der Waals surface area (Å²) in [6.45, 7) is 6.55. The van der Waals surface area contributed by atoms with Crippen molar-refractivity contribution in [2.24, 2.45) is 0 Å². The smallest absolute Gasteiger partial charge is 0 e. The molecule has 2 aliphatic rings. The summed E-state index contributed by atoms with van der Waals surface area (Å²) < 4.78 is 6.17. The van der Waals surface area contributed by atoms with E-state index in [1.54, 1.807) is 6.08 Å². The Labute approximate surface area is 178 Å². The van der Waals surface area contributed by atoms with Crippen LogP contribution in [0, 0.1) is 62.1 Å². The minimum atomic E-state index is -0.222. The molecule has 1 atom stereocenters. The Hall–Kier alpha value is 0.209. The second-order valence-corrected chi connectivity index (χ2v) is 8.22. The molecule has 0 amide bonds. The minimum Gasteiger partial charge on any atom is -0.0312 e. The molecule has 0 aromatic rings. The van der Waals surface area contributed by atoms with Crippen molar-refractivity contribution in [3.63, 3.8) is 0 Å². The van der Waals surface area contributed by atoms with E-state index in [1.165, 1.54) is 15.2 Å². The van der Waals surface area contributed by atoms with Crippen LogP contribution in [0.5, 0.6) is 0 Å². The molecule has 0 unspecified atom stereocenters. The van der Waals surface area contributed by atoms with E-state index in [0.29, 0.717) is 12.6 Å². The van der Waals surface area contributed by atoms with Crippen molar-refractivity contribution in [2.75, 3.05) is 20.7 Å². The number of hydrogen-bond acceptors (Lipinski definition) is 3. The number of ether oxygens (including phenoxy) is 1. The van der Waals surface area contributed by atoms with Crippen LogP contribution in [0.4, 0.5) is 0 Å². The van der Waals surface area contributed by atoms with Crippen molar-refractivity contribution < 1.29 is 26.6 Å². The maximum Gasteiger partial charge on any atom is 0 e. The maximum absolute atomic E-state index is 11.6. The monoisotopic (exact) mass is 463 g/mol. The Balaban J connectivity index is 0.000000893. The zero-order valence-corrected chi connectivity index (χ0v) is 19.0. The minimum absolute atomic E-state index is 0. The molecule has 26 heavy (non-hydrogen) atoms. The van der Waals surface area contributed by atoms with Gasteiger partial charge in [0.2, 0.25) is 0 Å². The quantitative estimate of drug-likeness (QED) is 0.331. The Morgan fingerprint density at radius 2 is 1.69 bits per heavy atom. The Kier molecular flexibility index (Phi) is 15.3. The molecule has 2 rings (SSSR count). The summed E-state index contributed by atoms with van der Waals surface area (Å²) in [6.07, 6.45) is 19.0. The van der Waals surface area contributed by atoms with Crippen LogP contribution in [-0.2, 0) is 26.6 Å². The predicted molar refractivity (Wildman–Crippen MR) is 105 cm³/mol. The van der Waals surface area contributed by atoms with E-state index in [1.807, 2.05) is 39.0 Å². The number of carbonyl (C=O) groups excluding carboxylic acids is 1. The van der Waals surface area contributed by atoms with Gasteiger partial charge in [0.1, 0.15) is 0 Å². The largest absolute Gasteiger partial charge is 0.0312 e. The maximum atomic E-state index is 11.6. The third-order valence-corrected chi connectivity index (χ3v) is 6.39. The van der Waals surface area contributed by atoms with Gasteiger partial charge in [0.15, 0.2) is 0 Å². The molecule has 0 saturated heterocycles. The van der Waals surface area contributed by atoms with Crippen LogP contribution in [-0.4, -0.2) is 52.6 Å². The number of nitrogens with zero attached hydrogens (tertiary/aromatic N) is 1. The van der Waals surface area contributed by atoms with Gasteiger partial charge in [-0.1, -0.05) is 0 Å². The topological polar surface area (TPSA) is 29.5 Å². The molecule has 144 valence electrons. The fourth-order valence-corrected chi connectivity index (χ4v) is 4.39. The van der Waals surface area contributed by atoms with Crippen LogP contribution in [0.15, 0.2) is 10.5 Å². The summed E-state index contributed by atoms with van der Waals surface area (Å²) in [5.74, 6) is 1.14. The van der Waals surface area contributed by atoms with E-state index in [2.05, 4.69) is 52.1 Å². The summed E-state index contributed by atoms with van der Waals surface area (Å²) in [7, 11) is 4.17. The molecule has 0 spiro atoms. The van der Waals surface area contributed by atoms with Gasteiger partial charge in [0, 0.05) is 17.1 Å². The summed E-state index contributed by atoms with van der Waals surface area (Å²) in [5.41, 5.74) is 0. The second-order valence-electron chi connectivity index (χ2n) is 5.77. The van der Waals surface area contributed by atoms with E-state index >= 15 is 0 Å². The Morgan fingerprint density at radius 3 is 2.15 bits per heavy atom. The van der Waals surface area contributed by atoms with Gasteiger partial charge in [0.25, 0.3) is 0 Å². The van der Waals surface area contributed by atoms with Crippen LogP contribution in [0.3, 0.4) is 0 Å². The number of rotatable bonds is 7. The van der Waals surface area contributed by atoms with Gasteiger partial charge in [-0.2, -0.15) is 0 Å². The Morgan fingerprint density at radius 1 is 1.12 bits per heavy atom. The van der Waals surface area contributed by atoms with E-state index < -0.39 is 0 Å². The van der Waals surface area contributed by atoms with Crippen LogP contribution < -0.4 is 0 Å². The molecular weight excluding hydrogens is 433 g/mol. The van der Waals surface area contributed by atoms with Gasteiger partial charge in [-0.05, 0) is 32.1 Å². The normalized spacial score (nSPS) is 19.7. The summed E-state index contributed by atoms with van der Waals surface area (Å²) in [6, 6.07) is 0.391. The first kappa shape index (κ1) is 26.2. The molecule has 0 N–H and O–H groups in total. The molecule has 2 aliphatic carbocycles. The van der Waals surface area contributed by atoms with E-state index in [9.17, 15) is 4.79 Å². The zero-order valence-electron chi connectivity index (χ0n) is 16.2. The number of hydrogen-bond donors (Lipinski definition) is 0. The second kappa shape index (κ2) is 15.2. The van der Waals surface area contributed by atoms with Gasteiger partial charge < -0.3 is 0 Å². The fourth-order valence-electron chi connectivity index (χ4n) is 2.11. The van der Waals surface area contributed by atoms with Crippen LogP contribution in [0.1, 0.15) is 27.2 Å². The average Bonchev–Trinajstić information content (AvgIpc) is 3.28. The first-order valence-electron chi connectivity index (χ1n) is 8.63. The SMILES string of the molecule is CCOC(=O)/C=C(/CC)[Se][C]1[CH][CH][CH][C]1[C@@H](C)N(C)C.[CH]1[CH][CH][CH][CH]1.[Fe]. The summed E-state index contributed by atoms with van der Waals surface area (Å²) >= 11 is 0.185. The molecule has 2 saturated carbocycles. The third-order valence-electron chi connectivity index (χ3n) is 3.74. The van der Waals surface area contributed by atoms with Crippen molar-refractivity contribution in [3.05, 3.63) is 72.6 Å². The van der Waals surface area contributed by atoms with Gasteiger partial charge in [-0.25, -0.2) is 0 Å². The van der Waals surface area contributed by atoms with E-state index in [0.717, 1.165) is 6.42 Å². The van der Waals surface area contributed by atoms with Crippen molar-refractivity contribution in [3.8, 4) is 0 Å². The molecule has 0 aliphatic heterocycles. The van der Waals surface area contributed by atoms with Crippen molar-refractivity contribution in [1.29, 1.82) is 0 Å². The third kappa shape index (κ3) is 9.95. The van der Waals surface area contributed by atoms with E-state index in [-0.39, 0.29) is 38.0 Å². The molecule has 0 bridgehead atoms. The first-order chi connectivity index (χ1) is 12.0. The van der Waals surface area contributed by atoms with Crippen molar-refractivity contribution in [1.82, 2.24) is 4.90 Å². The number of carbonyl (C=O) groups is 1. The fraction of sp³-hybridized carbons (Fsp3) is 0.381. The van der Waals surface area contributed by atoms with Crippen LogP contribution >= 0.6 is 0 Å². The summed E-state index contributed by atoms with van der Waals surface area (Å²) in [5, 5.41) is 0. The molecule has 10 radical (unpaired) electrons. The standard InChI is InChI=1S/C16H24NO2Se.C5H5.Fe/c1-6-13(11-16(18)19-7-2)20-15-10-8-9-14(15)12(3)17(4)5;1-2-4-5-3-1;/h8-12H,6-7H2,1-5H3;1-5H;/b13-11-;;/t12-;;/m1../s1. The first-order valence-corrected chi connectivity index (χ1v) is 10.3. The number of allylic oxidation sites excluding steroid dienone is 1. The van der Waals surface area contributed by atoms with Gasteiger partial charge in [0.05, 0.1) is 0 Å². The molecule has 5 heteroatoms. The molecule has 0 aromatic carbocycles. The van der Waals surface area contributed by atoms with E-state index in [4.69, 9.17) is 4.74 Å². The Bertz CT molecular complexity index is 403. The van der Waals surface area contributed by atoms with Crippen molar-refractivity contribution in [2.45, 2.75) is 33.2 Å². The molecule has 3 nitrogen and oxygen atoms in total. The zero-order chi connectivity index (χ0) is 18.7. The van der Waals surface area contributed by atoms with Gasteiger partial charge >= 0.3 is 130 Å². The molecular formula is C21H29FeNO2Se. The molecule has 0 aromatic heterocycles. The van der Waals surface area contributed by atoms with Gasteiger partial charge in [-0.3, -0.25) is 0 Å². The van der Waals surface area contributed by atoms with Crippen LogP contribution in [0.25, 0.3) is 0 Å². The molecule has 2 fully saturated rings. The van der Waals surface area contributed by atoms with Crippen molar-refractivity contribution >= 4 is 20.9 Å². The molecule has 0 heterocycles. The number of esters is 1. The summed E-state index contributed by atoms with van der Waals surface area (Å²) in [4.78, 5) is 15.1. The van der Waals surface area contributed by atoms with Crippen LogP contribution in [0.2, 0.25) is 0 Å².